The first-order chi connectivity index (χ1) is 14.0. The maximum atomic E-state index is 15.0. The maximum Gasteiger partial charge on any atom is 0.361 e. The van der Waals surface area contributed by atoms with Crippen LogP contribution in [0.5, 0.6) is 11.5 Å². The summed E-state index contributed by atoms with van der Waals surface area (Å²) in [6.45, 7) is 3.54. The number of imide groups is 1. The molecule has 2 aromatic carbocycles. The molecule has 2 N–H and O–H groups in total. The summed E-state index contributed by atoms with van der Waals surface area (Å²) < 4.78 is 42.1. The van der Waals surface area contributed by atoms with Crippen molar-refractivity contribution in [2.45, 2.75) is 33.1 Å². The Morgan fingerprint density at radius 3 is 2.23 bits per heavy atom. The number of hydrogen-bond donors (Lipinski definition) is 2. The quantitative estimate of drug-likeness (QED) is 0.546. The second-order valence-corrected chi connectivity index (χ2v) is 8.26. The molecule has 1 heterocycles. The van der Waals surface area contributed by atoms with Crippen LogP contribution < -0.4 is 4.48 Å². The number of carbonyl (C=O) groups is 2. The van der Waals surface area contributed by atoms with E-state index < -0.39 is 62.0 Å². The van der Waals surface area contributed by atoms with E-state index >= 15 is 0 Å². The molecule has 0 saturated carbocycles. The van der Waals surface area contributed by atoms with Crippen LogP contribution in [0.3, 0.4) is 0 Å². The standard InChI is InChI=1S/C22H18F3NO4/c1-22(2)7-3-4-12-19(22)21(30)26(20(12)29,16-8-11(27)5-6-13(16)23)17-10-18(28)15(25)9-14(17)24/h5-6,8-10H,3-4,7H2,1-2H3,(H-,27,28)/p+1. The number of phenols is 2. The van der Waals surface area contributed by atoms with Gasteiger partial charge in [-0.25, -0.2) is 22.8 Å². The number of quaternary nitrogens is 1. The molecule has 1 atom stereocenters. The number of nitrogens with zero attached hydrogens (tertiary/aromatic N) is 1. The highest BCUT2D eigenvalue weighted by atomic mass is 19.1. The van der Waals surface area contributed by atoms with Gasteiger partial charge in [0.2, 0.25) is 0 Å². The zero-order chi connectivity index (χ0) is 22.0. The Kier molecular flexibility index (Phi) is 4.32. The highest BCUT2D eigenvalue weighted by molar-refractivity contribution is 6.32. The molecule has 0 radical (unpaired) electrons. The van der Waals surface area contributed by atoms with E-state index in [1.807, 2.05) is 0 Å². The monoisotopic (exact) mass is 418 g/mol. The third-order valence-corrected chi connectivity index (χ3v) is 5.96. The van der Waals surface area contributed by atoms with Crippen LogP contribution in [0.4, 0.5) is 24.5 Å². The molecule has 1 aliphatic carbocycles. The molecule has 8 heteroatoms. The first-order valence-corrected chi connectivity index (χ1v) is 9.42. The van der Waals surface area contributed by atoms with E-state index in [1.54, 1.807) is 13.8 Å². The van der Waals surface area contributed by atoms with Gasteiger partial charge in [0.15, 0.2) is 34.6 Å². The fourth-order valence-electron chi connectivity index (χ4n) is 4.57. The van der Waals surface area contributed by atoms with Crippen molar-refractivity contribution in [1.29, 1.82) is 0 Å². The van der Waals surface area contributed by atoms with Crippen molar-refractivity contribution in [2.24, 2.45) is 5.41 Å². The van der Waals surface area contributed by atoms with E-state index in [2.05, 4.69) is 0 Å². The number of carbonyl (C=O) groups excluding carboxylic acids is 2. The molecule has 1 unspecified atom stereocenters. The molecule has 0 fully saturated rings. The Morgan fingerprint density at radius 1 is 0.900 bits per heavy atom. The van der Waals surface area contributed by atoms with Gasteiger partial charge in [-0.3, -0.25) is 0 Å². The highest BCUT2D eigenvalue weighted by Crippen LogP contribution is 2.54. The first-order valence-electron chi connectivity index (χ1n) is 9.42. The third kappa shape index (κ3) is 2.53. The zero-order valence-corrected chi connectivity index (χ0v) is 16.3. The summed E-state index contributed by atoms with van der Waals surface area (Å²) in [6.07, 6.45) is 1.44. The summed E-state index contributed by atoms with van der Waals surface area (Å²) in [4.78, 5) is 27.5. The molecule has 0 saturated heterocycles. The molecule has 2 aliphatic rings. The predicted molar refractivity (Wildman–Crippen MR) is 102 cm³/mol. The summed E-state index contributed by atoms with van der Waals surface area (Å²) in [6, 6.07) is 3.71. The van der Waals surface area contributed by atoms with Gasteiger partial charge in [-0.2, -0.15) is 0 Å². The van der Waals surface area contributed by atoms with Crippen molar-refractivity contribution in [2.75, 3.05) is 0 Å². The summed E-state index contributed by atoms with van der Waals surface area (Å²) >= 11 is 0. The normalized spacial score (nSPS) is 23.1. The lowest BCUT2D eigenvalue weighted by Gasteiger charge is -2.31. The summed E-state index contributed by atoms with van der Waals surface area (Å²) in [7, 11) is 0. The van der Waals surface area contributed by atoms with Crippen LogP contribution in [0.1, 0.15) is 33.1 Å². The van der Waals surface area contributed by atoms with Crippen LogP contribution in [-0.4, -0.2) is 22.0 Å². The third-order valence-electron chi connectivity index (χ3n) is 5.96. The lowest BCUT2D eigenvalue weighted by Crippen LogP contribution is -2.52. The highest BCUT2D eigenvalue weighted by Gasteiger charge is 2.64. The molecule has 156 valence electrons. The smallest absolute Gasteiger partial charge is 0.361 e. The van der Waals surface area contributed by atoms with Crippen molar-refractivity contribution < 1.29 is 33.0 Å². The Labute approximate surface area is 170 Å². The Morgan fingerprint density at radius 2 is 1.57 bits per heavy atom. The number of benzene rings is 2. The van der Waals surface area contributed by atoms with Crippen molar-refractivity contribution in [3.05, 3.63) is 58.9 Å². The number of phenolic OH excluding ortho intramolecular Hbond substituents is 2. The molecule has 1 aliphatic heterocycles. The largest absolute Gasteiger partial charge is 0.508 e. The van der Waals surface area contributed by atoms with E-state index in [4.69, 9.17) is 0 Å². The molecular formula is C22H19F3NO4+. The second-order valence-electron chi connectivity index (χ2n) is 8.26. The minimum absolute atomic E-state index is 0.155. The predicted octanol–water partition coefficient (Wildman–Crippen LogP) is 4.73. The van der Waals surface area contributed by atoms with Gasteiger partial charge in [0.1, 0.15) is 5.75 Å². The molecule has 2 amide bonds. The van der Waals surface area contributed by atoms with Gasteiger partial charge in [0.25, 0.3) is 0 Å². The van der Waals surface area contributed by atoms with Gasteiger partial charge in [-0.1, -0.05) is 13.8 Å². The SMILES string of the molecule is CC1(C)CCCC2=C1C(=O)[N+](c1cc(O)ccc1F)(c1cc(O)c(F)cc1F)C2=O. The number of aromatic hydroxyl groups is 2. The van der Waals surface area contributed by atoms with Gasteiger partial charge in [-0.15, -0.1) is 4.48 Å². The molecule has 4 rings (SSSR count). The minimum Gasteiger partial charge on any atom is -0.508 e. The summed E-state index contributed by atoms with van der Waals surface area (Å²) in [5.74, 6) is -6.81. The Bertz CT molecular complexity index is 1160. The van der Waals surface area contributed by atoms with E-state index in [9.17, 15) is 33.0 Å². The van der Waals surface area contributed by atoms with E-state index in [1.165, 1.54) is 0 Å². The van der Waals surface area contributed by atoms with E-state index in [-0.39, 0.29) is 17.6 Å². The Hall–Kier alpha value is -3.13. The average molecular weight is 418 g/mol. The van der Waals surface area contributed by atoms with Crippen LogP contribution in [0.25, 0.3) is 0 Å². The van der Waals surface area contributed by atoms with Gasteiger partial charge < -0.3 is 10.2 Å². The first kappa shape index (κ1) is 20.2. The molecule has 0 bridgehead atoms. The summed E-state index contributed by atoms with van der Waals surface area (Å²) in [5.41, 5.74) is -1.72. The van der Waals surface area contributed by atoms with Crippen LogP contribution in [0, 0.1) is 22.9 Å². The number of halogens is 3. The molecule has 2 aromatic rings. The van der Waals surface area contributed by atoms with Gasteiger partial charge in [-0.05, 0) is 36.8 Å². The molecule has 0 aromatic heterocycles. The molecule has 5 nitrogen and oxygen atoms in total. The number of amides is 2. The van der Waals surface area contributed by atoms with Crippen LogP contribution in [0.15, 0.2) is 41.5 Å². The lowest BCUT2D eigenvalue weighted by atomic mass is 9.73. The fraction of sp³-hybridized carbons (Fsp3) is 0.273. The van der Waals surface area contributed by atoms with E-state index in [0.717, 1.165) is 18.2 Å². The maximum absolute atomic E-state index is 15.0. The van der Waals surface area contributed by atoms with Crippen molar-refractivity contribution in [1.82, 2.24) is 4.48 Å². The van der Waals surface area contributed by atoms with Crippen LogP contribution >= 0.6 is 0 Å². The second kappa shape index (κ2) is 6.43. The van der Waals surface area contributed by atoms with Crippen molar-refractivity contribution >= 4 is 23.2 Å². The minimum atomic E-state index is -1.56. The number of rotatable bonds is 2. The molecular weight excluding hydrogens is 399 g/mol. The average Bonchev–Trinajstić information content (AvgIpc) is 2.89. The fourth-order valence-corrected chi connectivity index (χ4v) is 4.57. The van der Waals surface area contributed by atoms with Gasteiger partial charge in [0.05, 0.1) is 11.1 Å². The Balaban J connectivity index is 2.13. The lowest BCUT2D eigenvalue weighted by molar-refractivity contribution is -0.133. The van der Waals surface area contributed by atoms with E-state index in [0.29, 0.717) is 25.0 Å². The van der Waals surface area contributed by atoms with Gasteiger partial charge >= 0.3 is 11.8 Å². The van der Waals surface area contributed by atoms with Crippen LogP contribution in [0.2, 0.25) is 0 Å². The van der Waals surface area contributed by atoms with Crippen molar-refractivity contribution in [3.8, 4) is 11.5 Å². The molecule has 30 heavy (non-hydrogen) atoms. The topological polar surface area (TPSA) is 74.6 Å². The van der Waals surface area contributed by atoms with Gasteiger partial charge in [0, 0.05) is 18.2 Å². The number of hydrogen-bond acceptors (Lipinski definition) is 4. The van der Waals surface area contributed by atoms with Crippen LogP contribution in [-0.2, 0) is 9.59 Å². The van der Waals surface area contributed by atoms with Crippen molar-refractivity contribution in [3.63, 3.8) is 0 Å². The summed E-state index contributed by atoms with van der Waals surface area (Å²) in [5, 5.41) is 19.8. The molecule has 0 spiro atoms. The zero-order valence-electron chi connectivity index (χ0n) is 16.3.